The molecule has 0 fully saturated rings. The number of methoxy groups -OCH3 is 2. The summed E-state index contributed by atoms with van der Waals surface area (Å²) in [4.78, 5) is 10.2. The predicted octanol–water partition coefficient (Wildman–Crippen LogP) is 5.40. The molecule has 0 radical (unpaired) electrons. The first kappa shape index (κ1) is 16.5. The highest BCUT2D eigenvalue weighted by molar-refractivity contribution is 7.99. The molecule has 0 aliphatic carbocycles. The van der Waals surface area contributed by atoms with Crippen molar-refractivity contribution < 1.29 is 9.47 Å². The Kier molecular flexibility index (Phi) is 4.54. The number of nitrogens with zero attached hydrogens (tertiary/aromatic N) is 1. The van der Waals surface area contributed by atoms with Gasteiger partial charge in [-0.25, -0.2) is 4.98 Å². The number of hydrogen-bond acceptors (Lipinski definition) is 4. The first-order valence-electron chi connectivity index (χ1n) is 8.22. The van der Waals surface area contributed by atoms with Crippen LogP contribution in [-0.4, -0.2) is 24.2 Å². The maximum atomic E-state index is 5.51. The van der Waals surface area contributed by atoms with Crippen LogP contribution in [0.15, 0.2) is 76.5 Å². The lowest BCUT2D eigenvalue weighted by atomic mass is 10.2. The minimum atomic E-state index is 0.800. The number of ether oxygens (including phenoxy) is 2. The third-order valence-corrected chi connectivity index (χ3v) is 5.24. The zero-order valence-corrected chi connectivity index (χ0v) is 15.3. The quantitative estimate of drug-likeness (QED) is 0.516. The van der Waals surface area contributed by atoms with Gasteiger partial charge >= 0.3 is 0 Å². The lowest BCUT2D eigenvalue weighted by Crippen LogP contribution is -1.90. The van der Waals surface area contributed by atoms with Crippen molar-refractivity contribution in [2.75, 3.05) is 14.2 Å². The number of fused-ring (bicyclic) bond motifs is 1. The second-order valence-corrected chi connectivity index (χ2v) is 6.80. The van der Waals surface area contributed by atoms with Crippen LogP contribution in [0.3, 0.4) is 0 Å². The topological polar surface area (TPSA) is 47.1 Å². The van der Waals surface area contributed by atoms with Crippen LogP contribution in [0.4, 0.5) is 0 Å². The molecule has 26 heavy (non-hydrogen) atoms. The van der Waals surface area contributed by atoms with Crippen LogP contribution >= 0.6 is 11.8 Å². The lowest BCUT2D eigenvalue weighted by Gasteiger charge is -2.12. The molecule has 0 bridgehead atoms. The van der Waals surface area contributed by atoms with Crippen LogP contribution < -0.4 is 9.47 Å². The van der Waals surface area contributed by atoms with Crippen molar-refractivity contribution in [2.45, 2.75) is 9.79 Å². The Morgan fingerprint density at radius 1 is 0.846 bits per heavy atom. The van der Waals surface area contributed by atoms with Crippen LogP contribution in [0.1, 0.15) is 0 Å². The van der Waals surface area contributed by atoms with Crippen LogP contribution in [0.5, 0.6) is 11.5 Å². The largest absolute Gasteiger partial charge is 0.497 e. The number of imidazole rings is 1. The van der Waals surface area contributed by atoms with E-state index in [4.69, 9.17) is 14.5 Å². The van der Waals surface area contributed by atoms with Crippen molar-refractivity contribution in [1.82, 2.24) is 9.97 Å². The van der Waals surface area contributed by atoms with Crippen LogP contribution in [0.25, 0.3) is 22.4 Å². The zero-order chi connectivity index (χ0) is 17.9. The first-order valence-corrected chi connectivity index (χ1v) is 9.04. The number of hydrogen-bond donors (Lipinski definition) is 1. The van der Waals surface area contributed by atoms with Crippen molar-refractivity contribution in [3.63, 3.8) is 0 Å². The molecule has 4 aromatic rings. The van der Waals surface area contributed by atoms with E-state index in [1.807, 2.05) is 54.6 Å². The molecule has 3 aromatic carbocycles. The highest BCUT2D eigenvalue weighted by Crippen LogP contribution is 2.41. The van der Waals surface area contributed by atoms with Gasteiger partial charge in [0.05, 0.1) is 30.1 Å². The summed E-state index contributed by atoms with van der Waals surface area (Å²) in [5.41, 5.74) is 3.04. The van der Waals surface area contributed by atoms with E-state index in [0.29, 0.717) is 0 Å². The molecule has 4 nitrogen and oxygen atoms in total. The fraction of sp³-hybridized carbons (Fsp3) is 0.0952. The van der Waals surface area contributed by atoms with Crippen molar-refractivity contribution in [3.05, 3.63) is 66.7 Å². The molecule has 0 saturated heterocycles. The number of aromatic amines is 1. The van der Waals surface area contributed by atoms with Gasteiger partial charge in [0.15, 0.2) is 0 Å². The van der Waals surface area contributed by atoms with Gasteiger partial charge in [-0.15, -0.1) is 0 Å². The second-order valence-electron chi connectivity index (χ2n) is 5.72. The summed E-state index contributed by atoms with van der Waals surface area (Å²) in [7, 11) is 3.34. The molecule has 0 amide bonds. The molecule has 0 spiro atoms. The normalized spacial score (nSPS) is 10.8. The Morgan fingerprint density at radius 2 is 1.65 bits per heavy atom. The standard InChI is InChI=1S/C21H18N2O2S/c1-24-14-11-12-18(25-2)20(13-14)26-19-10-6-3-7-15(19)21-22-16-8-4-5-9-17(16)23-21/h3-13H,1-2H3,(H,22,23). The van der Waals surface area contributed by atoms with E-state index in [-0.39, 0.29) is 0 Å². The molecule has 0 unspecified atom stereocenters. The third kappa shape index (κ3) is 3.13. The van der Waals surface area contributed by atoms with E-state index in [0.717, 1.165) is 43.7 Å². The monoisotopic (exact) mass is 362 g/mol. The molecule has 0 aliphatic rings. The number of nitrogens with one attached hydrogen (secondary N) is 1. The van der Waals surface area contributed by atoms with Crippen molar-refractivity contribution in [1.29, 1.82) is 0 Å². The molecule has 0 aliphatic heterocycles. The average molecular weight is 362 g/mol. The number of aromatic nitrogens is 2. The van der Waals surface area contributed by atoms with Gasteiger partial charge in [0, 0.05) is 10.5 Å². The molecule has 0 atom stereocenters. The molecule has 5 heteroatoms. The smallest absolute Gasteiger partial charge is 0.139 e. The summed E-state index contributed by atoms with van der Waals surface area (Å²) in [6, 6.07) is 22.1. The predicted molar refractivity (Wildman–Crippen MR) is 105 cm³/mol. The van der Waals surface area contributed by atoms with Crippen LogP contribution in [-0.2, 0) is 0 Å². The summed E-state index contributed by atoms with van der Waals surface area (Å²) < 4.78 is 10.9. The summed E-state index contributed by atoms with van der Waals surface area (Å²) >= 11 is 1.63. The summed E-state index contributed by atoms with van der Waals surface area (Å²) in [5, 5.41) is 0. The van der Waals surface area contributed by atoms with Crippen molar-refractivity contribution in [3.8, 4) is 22.9 Å². The van der Waals surface area contributed by atoms with E-state index >= 15 is 0 Å². The number of rotatable bonds is 5. The zero-order valence-electron chi connectivity index (χ0n) is 14.5. The molecular formula is C21H18N2O2S. The summed E-state index contributed by atoms with van der Waals surface area (Å²) in [6.07, 6.45) is 0. The van der Waals surface area contributed by atoms with Gasteiger partial charge in [0.2, 0.25) is 0 Å². The number of benzene rings is 3. The fourth-order valence-electron chi connectivity index (χ4n) is 2.81. The molecule has 1 N–H and O–H groups in total. The molecule has 1 heterocycles. The Labute approximate surface area is 156 Å². The van der Waals surface area contributed by atoms with Gasteiger partial charge < -0.3 is 14.5 Å². The van der Waals surface area contributed by atoms with E-state index in [2.05, 4.69) is 17.1 Å². The summed E-state index contributed by atoms with van der Waals surface area (Å²) in [6.45, 7) is 0. The van der Waals surface area contributed by atoms with E-state index < -0.39 is 0 Å². The lowest BCUT2D eigenvalue weighted by molar-refractivity contribution is 0.394. The van der Waals surface area contributed by atoms with Gasteiger partial charge in [-0.1, -0.05) is 42.1 Å². The Balaban J connectivity index is 1.77. The maximum absolute atomic E-state index is 5.51. The van der Waals surface area contributed by atoms with Gasteiger partial charge in [0.25, 0.3) is 0 Å². The number of H-pyrrole nitrogens is 1. The fourth-order valence-corrected chi connectivity index (χ4v) is 3.90. The number of para-hydroxylation sites is 2. The maximum Gasteiger partial charge on any atom is 0.139 e. The Hall–Kier alpha value is -2.92. The summed E-state index contributed by atoms with van der Waals surface area (Å²) in [5.74, 6) is 2.47. The van der Waals surface area contributed by atoms with Gasteiger partial charge in [0.1, 0.15) is 17.3 Å². The van der Waals surface area contributed by atoms with Crippen LogP contribution in [0.2, 0.25) is 0 Å². The second kappa shape index (κ2) is 7.14. The van der Waals surface area contributed by atoms with Gasteiger partial charge in [-0.3, -0.25) is 0 Å². The van der Waals surface area contributed by atoms with E-state index in [1.165, 1.54) is 0 Å². The molecule has 4 rings (SSSR count). The molecule has 130 valence electrons. The van der Waals surface area contributed by atoms with Crippen LogP contribution in [0, 0.1) is 0 Å². The minimum absolute atomic E-state index is 0.800. The van der Waals surface area contributed by atoms with Crippen molar-refractivity contribution in [2.24, 2.45) is 0 Å². The SMILES string of the molecule is COc1ccc(OC)c(Sc2ccccc2-c2nc3ccccc3[nH]2)c1. The first-order chi connectivity index (χ1) is 12.8. The Bertz CT molecular complexity index is 1030. The molecular weight excluding hydrogens is 344 g/mol. The highest BCUT2D eigenvalue weighted by Gasteiger charge is 2.13. The minimum Gasteiger partial charge on any atom is -0.497 e. The van der Waals surface area contributed by atoms with Gasteiger partial charge in [-0.05, 0) is 36.4 Å². The average Bonchev–Trinajstić information content (AvgIpc) is 3.12. The Morgan fingerprint density at radius 3 is 2.46 bits per heavy atom. The van der Waals surface area contributed by atoms with Gasteiger partial charge in [-0.2, -0.15) is 0 Å². The highest BCUT2D eigenvalue weighted by atomic mass is 32.2. The van der Waals surface area contributed by atoms with Crippen molar-refractivity contribution >= 4 is 22.8 Å². The third-order valence-electron chi connectivity index (χ3n) is 4.12. The van der Waals surface area contributed by atoms with E-state index in [9.17, 15) is 0 Å². The molecule has 0 saturated carbocycles. The molecule has 1 aromatic heterocycles. The van der Waals surface area contributed by atoms with E-state index in [1.54, 1.807) is 26.0 Å².